The summed E-state index contributed by atoms with van der Waals surface area (Å²) in [6, 6.07) is 11.8. The Morgan fingerprint density at radius 2 is 1.79 bits per heavy atom. The van der Waals surface area contributed by atoms with Crippen LogP contribution in [0.3, 0.4) is 0 Å². The van der Waals surface area contributed by atoms with Gasteiger partial charge in [-0.2, -0.15) is 13.2 Å². The zero-order chi connectivity index (χ0) is 23.9. The van der Waals surface area contributed by atoms with Crippen LogP contribution in [-0.2, 0) is 17.5 Å². The second-order valence-electron chi connectivity index (χ2n) is 7.41. The van der Waals surface area contributed by atoms with Gasteiger partial charge in [0.2, 0.25) is 5.91 Å². The van der Waals surface area contributed by atoms with Crippen molar-refractivity contribution in [3.8, 4) is 10.4 Å². The van der Waals surface area contributed by atoms with Gasteiger partial charge in [-0.3, -0.25) is 18.6 Å². The smallest absolute Gasteiger partial charge is 0.342 e. The van der Waals surface area contributed by atoms with Gasteiger partial charge in [0.15, 0.2) is 3.95 Å². The average molecular weight is 492 g/mol. The summed E-state index contributed by atoms with van der Waals surface area (Å²) in [6.45, 7) is 4.39. The van der Waals surface area contributed by atoms with E-state index in [-0.39, 0.29) is 18.0 Å². The molecule has 0 unspecified atom stereocenters. The van der Waals surface area contributed by atoms with Gasteiger partial charge in [0, 0.05) is 13.1 Å². The zero-order valence-electron chi connectivity index (χ0n) is 17.8. The van der Waals surface area contributed by atoms with E-state index in [1.807, 2.05) is 13.8 Å². The molecule has 33 heavy (non-hydrogen) atoms. The molecule has 0 aliphatic rings. The highest BCUT2D eigenvalue weighted by atomic mass is 32.1. The number of likely N-dealkylation sites (N-methyl/N-ethyl adjacent to an activating group) is 1. The Bertz CT molecular complexity index is 1480. The molecule has 5 nitrogen and oxygen atoms in total. The number of amides is 1. The standard InChI is InChI=1S/C23H20F3N3O2S2/c1-3-27(4-2)18(30)13-28-20-19(14-8-7-9-15(12-14)23(24,25)26)33-22(32)29(20)17-11-6-5-10-16(17)21(28)31/h5-12H,3-4,13H2,1-2H3. The summed E-state index contributed by atoms with van der Waals surface area (Å²) < 4.78 is 43.5. The van der Waals surface area contributed by atoms with Gasteiger partial charge in [0.05, 0.1) is 21.3 Å². The van der Waals surface area contributed by atoms with Crippen molar-refractivity contribution in [2.45, 2.75) is 26.6 Å². The molecule has 2 heterocycles. The van der Waals surface area contributed by atoms with E-state index in [1.165, 1.54) is 10.6 Å². The second kappa shape index (κ2) is 8.75. The Kier molecular flexibility index (Phi) is 6.15. The van der Waals surface area contributed by atoms with Gasteiger partial charge in [-0.15, -0.1) is 11.3 Å². The summed E-state index contributed by atoms with van der Waals surface area (Å²) in [4.78, 5) is 28.4. The second-order valence-corrected chi connectivity index (χ2v) is 9.05. The van der Waals surface area contributed by atoms with Crippen molar-refractivity contribution in [3.05, 3.63) is 68.4 Å². The molecule has 0 aliphatic carbocycles. The predicted octanol–water partition coefficient (Wildman–Crippen LogP) is 5.60. The van der Waals surface area contributed by atoms with Crippen molar-refractivity contribution in [3.63, 3.8) is 0 Å². The summed E-state index contributed by atoms with van der Waals surface area (Å²) >= 11 is 6.68. The molecule has 0 saturated heterocycles. The van der Waals surface area contributed by atoms with E-state index < -0.39 is 17.3 Å². The van der Waals surface area contributed by atoms with Crippen LogP contribution in [0.2, 0.25) is 0 Å². The lowest BCUT2D eigenvalue weighted by molar-refractivity contribution is -0.137. The Morgan fingerprint density at radius 3 is 2.45 bits per heavy atom. The van der Waals surface area contributed by atoms with Gasteiger partial charge in [0.1, 0.15) is 12.2 Å². The van der Waals surface area contributed by atoms with Gasteiger partial charge in [-0.25, -0.2) is 0 Å². The molecule has 2 aromatic heterocycles. The Morgan fingerprint density at radius 1 is 1.09 bits per heavy atom. The summed E-state index contributed by atoms with van der Waals surface area (Å²) in [5, 5.41) is 0.377. The van der Waals surface area contributed by atoms with Crippen LogP contribution in [0.4, 0.5) is 13.2 Å². The molecule has 0 aliphatic heterocycles. The molecule has 1 amide bonds. The van der Waals surface area contributed by atoms with Gasteiger partial charge >= 0.3 is 6.18 Å². The molecule has 0 atom stereocenters. The molecule has 0 saturated carbocycles. The number of alkyl halides is 3. The number of para-hydroxylation sites is 1. The maximum Gasteiger partial charge on any atom is 0.416 e. The maximum atomic E-state index is 13.5. The predicted molar refractivity (Wildman–Crippen MR) is 126 cm³/mol. The van der Waals surface area contributed by atoms with E-state index in [0.717, 1.165) is 23.5 Å². The quantitative estimate of drug-likeness (QED) is 0.342. The highest BCUT2D eigenvalue weighted by Gasteiger charge is 2.31. The number of nitrogens with zero attached hydrogens (tertiary/aromatic N) is 3. The molecular formula is C23H20F3N3O2S2. The summed E-state index contributed by atoms with van der Waals surface area (Å²) in [5.74, 6) is -0.258. The van der Waals surface area contributed by atoms with Crippen LogP contribution in [0.25, 0.3) is 27.0 Å². The molecule has 0 N–H and O–H groups in total. The third kappa shape index (κ3) is 4.08. The minimum absolute atomic E-state index is 0.244. The Balaban J connectivity index is 2.08. The number of fused-ring (bicyclic) bond motifs is 3. The minimum atomic E-state index is -4.52. The third-order valence-corrected chi connectivity index (χ3v) is 6.94. The number of rotatable bonds is 5. The van der Waals surface area contributed by atoms with E-state index in [0.29, 0.717) is 38.5 Å². The monoisotopic (exact) mass is 491 g/mol. The number of aromatic nitrogens is 2. The molecule has 0 spiro atoms. The van der Waals surface area contributed by atoms with Crippen molar-refractivity contribution in [2.24, 2.45) is 0 Å². The van der Waals surface area contributed by atoms with Crippen LogP contribution < -0.4 is 5.56 Å². The number of thiazole rings is 1. The molecule has 0 radical (unpaired) electrons. The number of carbonyl (C=O) groups is 1. The topological polar surface area (TPSA) is 46.7 Å². The fourth-order valence-corrected chi connectivity index (χ4v) is 5.32. The number of hydrogen-bond donors (Lipinski definition) is 0. The van der Waals surface area contributed by atoms with Crippen LogP contribution in [0, 0.1) is 3.95 Å². The fraction of sp³-hybridized carbons (Fsp3) is 0.261. The summed E-state index contributed by atoms with van der Waals surface area (Å²) in [6.07, 6.45) is -4.52. The summed E-state index contributed by atoms with van der Waals surface area (Å²) in [7, 11) is 0. The first-order valence-electron chi connectivity index (χ1n) is 10.3. The molecular weight excluding hydrogens is 471 g/mol. The average Bonchev–Trinajstić information content (AvgIpc) is 3.14. The molecule has 10 heteroatoms. The number of halogens is 3. The van der Waals surface area contributed by atoms with Crippen molar-refractivity contribution < 1.29 is 18.0 Å². The van der Waals surface area contributed by atoms with Gasteiger partial charge in [0.25, 0.3) is 5.56 Å². The first kappa shape index (κ1) is 23.2. The Hall–Kier alpha value is -2.98. The van der Waals surface area contributed by atoms with Gasteiger partial charge < -0.3 is 4.90 Å². The first-order valence-corrected chi connectivity index (χ1v) is 11.5. The van der Waals surface area contributed by atoms with Crippen LogP contribution >= 0.6 is 23.6 Å². The van der Waals surface area contributed by atoms with Crippen molar-refractivity contribution in [2.75, 3.05) is 13.1 Å². The number of benzene rings is 2. The van der Waals surface area contributed by atoms with Crippen LogP contribution in [0.1, 0.15) is 19.4 Å². The summed E-state index contributed by atoms with van der Waals surface area (Å²) in [5.41, 5.74) is -0.0577. The van der Waals surface area contributed by atoms with E-state index in [9.17, 15) is 22.8 Å². The highest BCUT2D eigenvalue weighted by molar-refractivity contribution is 7.73. The zero-order valence-corrected chi connectivity index (χ0v) is 19.5. The third-order valence-electron chi connectivity index (χ3n) is 5.52. The van der Waals surface area contributed by atoms with Crippen LogP contribution in [0.5, 0.6) is 0 Å². The molecule has 172 valence electrons. The number of hydrogen-bond acceptors (Lipinski definition) is 4. The molecule has 4 rings (SSSR count). The molecule has 0 fully saturated rings. The SMILES string of the molecule is CCN(CC)C(=O)Cn1c(=O)c2ccccc2n2c(=S)sc(-c3cccc(C(F)(F)F)c3)c12. The van der Waals surface area contributed by atoms with Crippen molar-refractivity contribution in [1.82, 2.24) is 13.9 Å². The lowest BCUT2D eigenvalue weighted by atomic mass is 10.1. The Labute approximate surface area is 196 Å². The number of carbonyl (C=O) groups excluding carboxylic acids is 1. The fourth-order valence-electron chi connectivity index (χ4n) is 3.90. The normalized spacial score (nSPS) is 11.9. The highest BCUT2D eigenvalue weighted by Crippen LogP contribution is 2.37. The van der Waals surface area contributed by atoms with E-state index in [1.54, 1.807) is 39.6 Å². The van der Waals surface area contributed by atoms with Crippen molar-refractivity contribution in [1.29, 1.82) is 0 Å². The molecule has 2 aromatic carbocycles. The van der Waals surface area contributed by atoms with E-state index >= 15 is 0 Å². The van der Waals surface area contributed by atoms with Gasteiger partial charge in [-0.05, 0) is 55.9 Å². The van der Waals surface area contributed by atoms with Crippen LogP contribution in [-0.4, -0.2) is 32.9 Å². The van der Waals surface area contributed by atoms with E-state index in [2.05, 4.69) is 0 Å². The molecule has 4 aromatic rings. The van der Waals surface area contributed by atoms with Crippen molar-refractivity contribution >= 4 is 46.0 Å². The van der Waals surface area contributed by atoms with Crippen LogP contribution in [0.15, 0.2) is 53.3 Å². The molecule has 0 bridgehead atoms. The minimum Gasteiger partial charge on any atom is -0.342 e. The lowest BCUT2D eigenvalue weighted by Crippen LogP contribution is -2.37. The maximum absolute atomic E-state index is 13.5. The van der Waals surface area contributed by atoms with Gasteiger partial charge in [-0.1, -0.05) is 24.3 Å². The first-order chi connectivity index (χ1) is 15.7. The largest absolute Gasteiger partial charge is 0.416 e. The lowest BCUT2D eigenvalue weighted by Gasteiger charge is -2.20. The van der Waals surface area contributed by atoms with E-state index in [4.69, 9.17) is 12.2 Å².